The predicted octanol–water partition coefficient (Wildman–Crippen LogP) is 3.25. The Morgan fingerprint density at radius 3 is 2.57 bits per heavy atom. The van der Waals surface area contributed by atoms with Gasteiger partial charge in [-0.05, 0) is 50.6 Å². The Bertz CT molecular complexity index is 494. The second-order valence-electron chi connectivity index (χ2n) is 6.00. The maximum absolute atomic E-state index is 12.4. The normalized spacial score (nSPS) is 17.3. The first-order valence-corrected chi connectivity index (χ1v) is 7.72. The molecule has 21 heavy (non-hydrogen) atoms. The van der Waals surface area contributed by atoms with Crippen LogP contribution in [0.5, 0.6) is 5.75 Å². The van der Waals surface area contributed by atoms with E-state index < -0.39 is 0 Å². The number of nitrogens with one attached hydrogen (secondary N) is 2. The lowest BCUT2D eigenvalue weighted by atomic mass is 9.79. The van der Waals surface area contributed by atoms with E-state index in [1.807, 2.05) is 32.2 Å². The molecular formula is C17H26N2O2. The lowest BCUT2D eigenvalue weighted by Crippen LogP contribution is -2.47. The number of amides is 1. The van der Waals surface area contributed by atoms with Gasteiger partial charge in [-0.2, -0.15) is 0 Å². The molecule has 116 valence electrons. The molecule has 1 aromatic rings. The van der Waals surface area contributed by atoms with Gasteiger partial charge >= 0.3 is 0 Å². The molecule has 4 heteroatoms. The summed E-state index contributed by atoms with van der Waals surface area (Å²) in [6, 6.07) is 5.71. The molecule has 1 amide bonds. The van der Waals surface area contributed by atoms with Gasteiger partial charge in [-0.15, -0.1) is 0 Å². The summed E-state index contributed by atoms with van der Waals surface area (Å²) in [5.74, 6) is 0.893. The standard InChI is InChI=1S/C17H26N2O2/c1-13-11-14(21-3)7-8-15(13)19-16(20)12-17(18-2)9-5-4-6-10-17/h7-8,11,18H,4-6,9-10,12H2,1-3H3,(H,19,20). The fraction of sp³-hybridized carbons (Fsp3) is 0.588. The molecule has 1 aliphatic rings. The Hall–Kier alpha value is -1.55. The number of carbonyl (C=O) groups excluding carboxylic acids is 1. The van der Waals surface area contributed by atoms with Gasteiger partial charge in [0, 0.05) is 17.6 Å². The lowest BCUT2D eigenvalue weighted by molar-refractivity contribution is -0.117. The Balaban J connectivity index is 2.00. The third kappa shape index (κ3) is 3.97. The van der Waals surface area contributed by atoms with E-state index in [1.165, 1.54) is 19.3 Å². The van der Waals surface area contributed by atoms with Crippen LogP contribution in [0.3, 0.4) is 0 Å². The van der Waals surface area contributed by atoms with Gasteiger partial charge in [-0.3, -0.25) is 4.79 Å². The average molecular weight is 290 g/mol. The van der Waals surface area contributed by atoms with Crippen molar-refractivity contribution in [2.24, 2.45) is 0 Å². The van der Waals surface area contributed by atoms with Crippen molar-refractivity contribution < 1.29 is 9.53 Å². The van der Waals surface area contributed by atoms with Gasteiger partial charge in [-0.1, -0.05) is 19.3 Å². The van der Waals surface area contributed by atoms with Gasteiger partial charge in [0.15, 0.2) is 0 Å². The molecular weight excluding hydrogens is 264 g/mol. The largest absolute Gasteiger partial charge is 0.497 e. The van der Waals surface area contributed by atoms with Crippen molar-refractivity contribution in [3.63, 3.8) is 0 Å². The van der Waals surface area contributed by atoms with Crippen LogP contribution in [-0.2, 0) is 4.79 Å². The number of hydrogen-bond acceptors (Lipinski definition) is 3. The summed E-state index contributed by atoms with van der Waals surface area (Å²) < 4.78 is 5.19. The zero-order chi connectivity index (χ0) is 15.3. The van der Waals surface area contributed by atoms with Crippen molar-refractivity contribution in [3.8, 4) is 5.75 Å². The molecule has 1 aromatic carbocycles. The SMILES string of the molecule is CNC1(CC(=O)Nc2ccc(OC)cc2C)CCCCC1. The second-order valence-corrected chi connectivity index (χ2v) is 6.00. The number of aryl methyl sites for hydroxylation is 1. The topological polar surface area (TPSA) is 50.4 Å². The number of ether oxygens (including phenoxy) is 1. The maximum atomic E-state index is 12.4. The minimum atomic E-state index is -0.0251. The molecule has 0 atom stereocenters. The first-order valence-electron chi connectivity index (χ1n) is 7.72. The van der Waals surface area contributed by atoms with Crippen LogP contribution in [-0.4, -0.2) is 25.6 Å². The first-order chi connectivity index (χ1) is 10.1. The van der Waals surface area contributed by atoms with Crippen LogP contribution in [0.2, 0.25) is 0 Å². The number of rotatable bonds is 5. The molecule has 0 aliphatic heterocycles. The van der Waals surface area contributed by atoms with E-state index in [0.717, 1.165) is 29.8 Å². The van der Waals surface area contributed by atoms with Gasteiger partial charge in [0.25, 0.3) is 0 Å². The van der Waals surface area contributed by atoms with Crippen LogP contribution in [0.25, 0.3) is 0 Å². The van der Waals surface area contributed by atoms with Gasteiger partial charge in [0.2, 0.25) is 5.91 Å². The smallest absolute Gasteiger partial charge is 0.226 e. The summed E-state index contributed by atoms with van der Waals surface area (Å²) in [7, 11) is 3.62. The number of carbonyl (C=O) groups is 1. The molecule has 0 radical (unpaired) electrons. The zero-order valence-electron chi connectivity index (χ0n) is 13.3. The number of methoxy groups -OCH3 is 1. The van der Waals surface area contributed by atoms with E-state index in [9.17, 15) is 4.79 Å². The Labute approximate surface area is 127 Å². The van der Waals surface area contributed by atoms with E-state index in [1.54, 1.807) is 7.11 Å². The minimum absolute atomic E-state index is 0.0251. The van der Waals surface area contributed by atoms with Crippen LogP contribution < -0.4 is 15.4 Å². The van der Waals surface area contributed by atoms with Crippen molar-refractivity contribution in [3.05, 3.63) is 23.8 Å². The van der Waals surface area contributed by atoms with E-state index in [4.69, 9.17) is 4.74 Å². The fourth-order valence-corrected chi connectivity index (χ4v) is 3.15. The highest BCUT2D eigenvalue weighted by Gasteiger charge is 2.32. The molecule has 0 heterocycles. The van der Waals surface area contributed by atoms with Crippen molar-refractivity contribution in [1.29, 1.82) is 0 Å². The van der Waals surface area contributed by atoms with Gasteiger partial charge in [0.1, 0.15) is 5.75 Å². The fourth-order valence-electron chi connectivity index (χ4n) is 3.15. The average Bonchev–Trinajstić information content (AvgIpc) is 2.50. The quantitative estimate of drug-likeness (QED) is 0.875. The molecule has 1 aliphatic carbocycles. The summed E-state index contributed by atoms with van der Waals surface area (Å²) in [5, 5.41) is 6.42. The number of hydrogen-bond donors (Lipinski definition) is 2. The Morgan fingerprint density at radius 2 is 2.00 bits per heavy atom. The van der Waals surface area contributed by atoms with Crippen LogP contribution in [0.15, 0.2) is 18.2 Å². The van der Waals surface area contributed by atoms with Crippen molar-refractivity contribution in [1.82, 2.24) is 5.32 Å². The lowest BCUT2D eigenvalue weighted by Gasteiger charge is -2.36. The molecule has 1 saturated carbocycles. The highest BCUT2D eigenvalue weighted by Crippen LogP contribution is 2.31. The molecule has 4 nitrogen and oxygen atoms in total. The molecule has 0 spiro atoms. The van der Waals surface area contributed by atoms with Crippen LogP contribution in [0.4, 0.5) is 5.69 Å². The molecule has 0 bridgehead atoms. The zero-order valence-corrected chi connectivity index (χ0v) is 13.3. The maximum Gasteiger partial charge on any atom is 0.226 e. The van der Waals surface area contributed by atoms with Crippen LogP contribution in [0.1, 0.15) is 44.1 Å². The number of anilines is 1. The van der Waals surface area contributed by atoms with Crippen molar-refractivity contribution in [2.75, 3.05) is 19.5 Å². The minimum Gasteiger partial charge on any atom is -0.497 e. The number of benzene rings is 1. The molecule has 2 rings (SSSR count). The summed E-state index contributed by atoms with van der Waals surface area (Å²) in [4.78, 5) is 12.4. The van der Waals surface area contributed by atoms with Gasteiger partial charge < -0.3 is 15.4 Å². The first kappa shape index (κ1) is 15.8. The van der Waals surface area contributed by atoms with Crippen LogP contribution in [0, 0.1) is 6.92 Å². The highest BCUT2D eigenvalue weighted by atomic mass is 16.5. The monoisotopic (exact) mass is 290 g/mol. The Morgan fingerprint density at radius 1 is 1.29 bits per heavy atom. The van der Waals surface area contributed by atoms with Gasteiger partial charge in [-0.25, -0.2) is 0 Å². The molecule has 0 aromatic heterocycles. The highest BCUT2D eigenvalue weighted by molar-refractivity contribution is 5.92. The van der Waals surface area contributed by atoms with Crippen molar-refractivity contribution >= 4 is 11.6 Å². The summed E-state index contributed by atoms with van der Waals surface area (Å²) in [6.07, 6.45) is 6.39. The summed E-state index contributed by atoms with van der Waals surface area (Å²) in [6.45, 7) is 1.98. The van der Waals surface area contributed by atoms with E-state index in [-0.39, 0.29) is 11.4 Å². The van der Waals surface area contributed by atoms with E-state index in [2.05, 4.69) is 10.6 Å². The van der Waals surface area contributed by atoms with E-state index in [0.29, 0.717) is 6.42 Å². The van der Waals surface area contributed by atoms with Crippen LogP contribution >= 0.6 is 0 Å². The third-order valence-electron chi connectivity index (χ3n) is 4.55. The molecule has 0 unspecified atom stereocenters. The molecule has 1 fully saturated rings. The second kappa shape index (κ2) is 6.94. The third-order valence-corrected chi connectivity index (χ3v) is 4.55. The summed E-state index contributed by atoms with van der Waals surface area (Å²) in [5.41, 5.74) is 1.86. The molecule has 2 N–H and O–H groups in total. The predicted molar refractivity (Wildman–Crippen MR) is 85.9 cm³/mol. The molecule has 0 saturated heterocycles. The van der Waals surface area contributed by atoms with Crippen molar-refractivity contribution in [2.45, 2.75) is 51.0 Å². The van der Waals surface area contributed by atoms with Gasteiger partial charge in [0.05, 0.1) is 7.11 Å². The summed E-state index contributed by atoms with van der Waals surface area (Å²) >= 11 is 0. The Kier molecular flexibility index (Phi) is 5.23. The van der Waals surface area contributed by atoms with E-state index >= 15 is 0 Å².